The van der Waals surface area contributed by atoms with Crippen molar-refractivity contribution in [1.82, 2.24) is 9.62 Å². The van der Waals surface area contributed by atoms with Gasteiger partial charge in [0.25, 0.3) is 0 Å². The van der Waals surface area contributed by atoms with E-state index in [1.54, 1.807) is 12.1 Å². The lowest BCUT2D eigenvalue weighted by Gasteiger charge is -2.32. The molecule has 144 valence electrons. The molecule has 0 spiro atoms. The second kappa shape index (κ2) is 8.25. The van der Waals surface area contributed by atoms with Crippen LogP contribution < -0.4 is 5.32 Å². The Morgan fingerprint density at radius 3 is 2.65 bits per heavy atom. The normalized spacial score (nSPS) is 25.8. The number of carbonyl (C=O) groups excluding carboxylic acids is 1. The zero-order chi connectivity index (χ0) is 18.7. The molecule has 2 saturated heterocycles. The summed E-state index contributed by atoms with van der Waals surface area (Å²) in [5.74, 6) is -0.432. The highest BCUT2D eigenvalue weighted by Gasteiger charge is 2.34. The lowest BCUT2D eigenvalue weighted by atomic mass is 9.98. The molecule has 3 rings (SSSR count). The van der Waals surface area contributed by atoms with E-state index in [1.807, 2.05) is 6.92 Å². The minimum absolute atomic E-state index is 0.0523. The SMILES string of the molecule is CC(NC(=O)C1CCCN(S(=O)(=O)c2ccc(Cl)cc2)C1)C1CCCO1. The molecule has 0 saturated carbocycles. The number of rotatable bonds is 5. The molecule has 1 N–H and O–H groups in total. The standard InChI is InChI=1S/C18H25ClN2O4S/c1-13(17-5-3-11-25-17)20-18(22)14-4-2-10-21(12-14)26(23,24)16-8-6-15(19)7-9-16/h6-9,13-14,17H,2-5,10-12H2,1H3,(H,20,22). The molecule has 2 aliphatic heterocycles. The molecule has 0 aromatic heterocycles. The van der Waals surface area contributed by atoms with Crippen LogP contribution in [0.25, 0.3) is 0 Å². The minimum Gasteiger partial charge on any atom is -0.376 e. The van der Waals surface area contributed by atoms with Crippen molar-refractivity contribution in [3.63, 3.8) is 0 Å². The van der Waals surface area contributed by atoms with Crippen LogP contribution in [0, 0.1) is 5.92 Å². The first-order valence-corrected chi connectivity index (χ1v) is 10.9. The Morgan fingerprint density at radius 2 is 2.00 bits per heavy atom. The fraction of sp³-hybridized carbons (Fsp3) is 0.611. The van der Waals surface area contributed by atoms with Gasteiger partial charge < -0.3 is 10.1 Å². The molecule has 1 aromatic carbocycles. The van der Waals surface area contributed by atoms with Gasteiger partial charge in [-0.25, -0.2) is 8.42 Å². The van der Waals surface area contributed by atoms with Crippen LogP contribution in [-0.4, -0.2) is 50.5 Å². The maximum atomic E-state index is 12.8. The van der Waals surface area contributed by atoms with Gasteiger partial charge in [0, 0.05) is 24.7 Å². The van der Waals surface area contributed by atoms with Crippen molar-refractivity contribution in [3.05, 3.63) is 29.3 Å². The van der Waals surface area contributed by atoms with E-state index in [0.717, 1.165) is 19.4 Å². The van der Waals surface area contributed by atoms with Gasteiger partial charge in [-0.3, -0.25) is 4.79 Å². The second-order valence-electron chi connectivity index (χ2n) is 7.00. The molecule has 26 heavy (non-hydrogen) atoms. The van der Waals surface area contributed by atoms with Crippen LogP contribution in [0.5, 0.6) is 0 Å². The van der Waals surface area contributed by atoms with E-state index in [-0.39, 0.29) is 35.4 Å². The zero-order valence-corrected chi connectivity index (χ0v) is 16.4. The van der Waals surface area contributed by atoms with Crippen LogP contribution in [0.4, 0.5) is 0 Å². The summed E-state index contributed by atoms with van der Waals surface area (Å²) in [5.41, 5.74) is 0. The van der Waals surface area contributed by atoms with E-state index in [4.69, 9.17) is 16.3 Å². The highest BCUT2D eigenvalue weighted by atomic mass is 35.5. The average Bonchev–Trinajstić information content (AvgIpc) is 3.17. The first-order chi connectivity index (χ1) is 12.4. The largest absolute Gasteiger partial charge is 0.376 e. The number of ether oxygens (including phenoxy) is 1. The van der Waals surface area contributed by atoms with Gasteiger partial charge in [0.2, 0.25) is 15.9 Å². The molecule has 2 heterocycles. The number of amides is 1. The van der Waals surface area contributed by atoms with Gasteiger partial charge in [-0.1, -0.05) is 11.6 Å². The third-order valence-corrected chi connectivity index (χ3v) is 7.23. The molecule has 3 atom stereocenters. The molecular formula is C18H25ClN2O4S. The number of benzene rings is 1. The average molecular weight is 401 g/mol. The Labute approximate surface area is 159 Å². The molecule has 2 aliphatic rings. The van der Waals surface area contributed by atoms with Gasteiger partial charge in [-0.15, -0.1) is 0 Å². The quantitative estimate of drug-likeness (QED) is 0.823. The van der Waals surface area contributed by atoms with Crippen LogP contribution in [0.1, 0.15) is 32.6 Å². The van der Waals surface area contributed by atoms with E-state index >= 15 is 0 Å². The zero-order valence-electron chi connectivity index (χ0n) is 14.9. The number of hydrogen-bond acceptors (Lipinski definition) is 4. The maximum absolute atomic E-state index is 12.8. The van der Waals surface area contributed by atoms with Gasteiger partial charge in [0.15, 0.2) is 0 Å². The number of nitrogens with one attached hydrogen (secondary N) is 1. The Bertz CT molecular complexity index is 732. The van der Waals surface area contributed by atoms with Crippen LogP contribution in [0.2, 0.25) is 5.02 Å². The van der Waals surface area contributed by atoms with Crippen LogP contribution in [-0.2, 0) is 19.6 Å². The summed E-state index contributed by atoms with van der Waals surface area (Å²) in [7, 11) is -3.62. The lowest BCUT2D eigenvalue weighted by Crippen LogP contribution is -2.49. The van der Waals surface area contributed by atoms with Gasteiger partial charge in [0.05, 0.1) is 23.0 Å². The number of hydrogen-bond donors (Lipinski definition) is 1. The molecule has 0 radical (unpaired) electrons. The number of halogens is 1. The summed E-state index contributed by atoms with van der Waals surface area (Å²) in [5, 5.41) is 3.50. The van der Waals surface area contributed by atoms with E-state index in [0.29, 0.717) is 24.4 Å². The van der Waals surface area contributed by atoms with Crippen molar-refractivity contribution >= 4 is 27.5 Å². The summed E-state index contributed by atoms with van der Waals surface area (Å²) >= 11 is 5.84. The first-order valence-electron chi connectivity index (χ1n) is 9.05. The summed E-state index contributed by atoms with van der Waals surface area (Å²) in [6.45, 7) is 3.31. The molecule has 2 fully saturated rings. The predicted molar refractivity (Wildman–Crippen MR) is 99.5 cm³/mol. The van der Waals surface area contributed by atoms with Crippen LogP contribution in [0.15, 0.2) is 29.2 Å². The lowest BCUT2D eigenvalue weighted by molar-refractivity contribution is -0.127. The van der Waals surface area contributed by atoms with Crippen molar-refractivity contribution in [1.29, 1.82) is 0 Å². The summed E-state index contributed by atoms with van der Waals surface area (Å²) < 4.78 is 32.7. The van der Waals surface area contributed by atoms with Gasteiger partial charge in [0.1, 0.15) is 0 Å². The number of nitrogens with zero attached hydrogens (tertiary/aromatic N) is 1. The van der Waals surface area contributed by atoms with Crippen molar-refractivity contribution in [2.75, 3.05) is 19.7 Å². The fourth-order valence-corrected chi connectivity index (χ4v) is 5.21. The monoisotopic (exact) mass is 400 g/mol. The van der Waals surface area contributed by atoms with Crippen molar-refractivity contribution in [3.8, 4) is 0 Å². The molecule has 1 amide bonds. The van der Waals surface area contributed by atoms with Crippen LogP contribution in [0.3, 0.4) is 0 Å². The first kappa shape index (κ1) is 19.6. The number of sulfonamides is 1. The molecule has 6 nitrogen and oxygen atoms in total. The van der Waals surface area contributed by atoms with Crippen molar-refractivity contribution in [2.45, 2.75) is 49.6 Å². The van der Waals surface area contributed by atoms with Gasteiger partial charge in [-0.2, -0.15) is 4.31 Å². The molecule has 1 aromatic rings. The summed E-state index contributed by atoms with van der Waals surface area (Å²) in [6, 6.07) is 6.06. The second-order valence-corrected chi connectivity index (χ2v) is 9.38. The van der Waals surface area contributed by atoms with Gasteiger partial charge >= 0.3 is 0 Å². The Kier molecular flexibility index (Phi) is 6.22. The molecule has 8 heteroatoms. The number of piperidine rings is 1. The van der Waals surface area contributed by atoms with E-state index in [9.17, 15) is 13.2 Å². The summed E-state index contributed by atoms with van der Waals surface area (Å²) in [6.07, 6.45) is 3.37. The van der Waals surface area contributed by atoms with E-state index < -0.39 is 10.0 Å². The highest BCUT2D eigenvalue weighted by molar-refractivity contribution is 7.89. The maximum Gasteiger partial charge on any atom is 0.243 e. The van der Waals surface area contributed by atoms with Gasteiger partial charge in [-0.05, 0) is 56.9 Å². The summed E-state index contributed by atoms with van der Waals surface area (Å²) in [4.78, 5) is 12.8. The van der Waals surface area contributed by atoms with Crippen molar-refractivity contribution < 1.29 is 17.9 Å². The molecule has 3 unspecified atom stereocenters. The van der Waals surface area contributed by atoms with Crippen molar-refractivity contribution in [2.24, 2.45) is 5.92 Å². The van der Waals surface area contributed by atoms with E-state index in [2.05, 4.69) is 5.32 Å². The molecule has 0 aliphatic carbocycles. The smallest absolute Gasteiger partial charge is 0.243 e. The Morgan fingerprint density at radius 1 is 1.27 bits per heavy atom. The van der Waals surface area contributed by atoms with E-state index in [1.165, 1.54) is 16.4 Å². The Hall–Kier alpha value is -1.15. The fourth-order valence-electron chi connectivity index (χ4n) is 3.56. The topological polar surface area (TPSA) is 75.7 Å². The highest BCUT2D eigenvalue weighted by Crippen LogP contribution is 2.25. The Balaban J connectivity index is 1.64. The predicted octanol–water partition coefficient (Wildman–Crippen LogP) is 2.42. The minimum atomic E-state index is -3.62. The molecule has 0 bridgehead atoms. The number of carbonyl (C=O) groups is 1. The third kappa shape index (κ3) is 4.39. The third-order valence-electron chi connectivity index (χ3n) is 5.10. The molecular weight excluding hydrogens is 376 g/mol. The van der Waals surface area contributed by atoms with Crippen LogP contribution >= 0.6 is 11.6 Å².